The van der Waals surface area contributed by atoms with E-state index in [1.54, 1.807) is 13.3 Å². The van der Waals surface area contributed by atoms with Gasteiger partial charge in [-0.2, -0.15) is 5.10 Å². The summed E-state index contributed by atoms with van der Waals surface area (Å²) < 4.78 is 7.53. The number of fused-ring (bicyclic) bond motifs is 1. The normalized spacial score (nSPS) is 20.2. The fraction of sp³-hybridized carbons (Fsp3) is 0.583. The molecule has 172 valence electrons. The van der Waals surface area contributed by atoms with Gasteiger partial charge < -0.3 is 15.4 Å². The number of methoxy groups -OCH3 is 1. The van der Waals surface area contributed by atoms with Crippen molar-refractivity contribution in [1.82, 2.24) is 29.9 Å². The van der Waals surface area contributed by atoms with Crippen molar-refractivity contribution in [2.24, 2.45) is 5.41 Å². The number of aromatic nitrogens is 5. The summed E-state index contributed by atoms with van der Waals surface area (Å²) in [5, 5.41) is 11.8. The molecule has 8 heteroatoms. The second-order valence-electron chi connectivity index (χ2n) is 9.23. The Balaban J connectivity index is 0.00000119. The summed E-state index contributed by atoms with van der Waals surface area (Å²) in [6, 6.07) is 4.24. The van der Waals surface area contributed by atoms with Crippen molar-refractivity contribution < 1.29 is 4.74 Å². The van der Waals surface area contributed by atoms with Crippen LogP contribution in [0.4, 0.5) is 5.95 Å². The number of ether oxygens (including phenoxy) is 1. The molecule has 3 aromatic rings. The van der Waals surface area contributed by atoms with E-state index in [0.29, 0.717) is 23.3 Å². The molecular formula is C24H35N7O. The molecule has 0 spiro atoms. The van der Waals surface area contributed by atoms with Gasteiger partial charge in [-0.25, -0.2) is 19.5 Å². The van der Waals surface area contributed by atoms with Crippen LogP contribution in [0, 0.1) is 5.41 Å². The minimum Gasteiger partial charge on any atom is -0.495 e. The Morgan fingerprint density at radius 2 is 2.03 bits per heavy atom. The van der Waals surface area contributed by atoms with E-state index in [1.807, 2.05) is 36.7 Å². The van der Waals surface area contributed by atoms with Crippen LogP contribution in [-0.4, -0.2) is 50.8 Å². The van der Waals surface area contributed by atoms with Crippen LogP contribution >= 0.6 is 0 Å². The molecule has 1 saturated heterocycles. The number of nitrogens with zero attached hydrogens (tertiary/aromatic N) is 5. The molecule has 5 rings (SSSR count). The highest BCUT2D eigenvalue weighted by molar-refractivity contribution is 5.61. The molecule has 3 aromatic heterocycles. The Kier molecular flexibility index (Phi) is 6.60. The first-order valence-corrected chi connectivity index (χ1v) is 11.8. The summed E-state index contributed by atoms with van der Waals surface area (Å²) in [5.41, 5.74) is 3.80. The molecule has 2 N–H and O–H groups in total. The maximum Gasteiger partial charge on any atom is 0.223 e. The van der Waals surface area contributed by atoms with Gasteiger partial charge in [0.1, 0.15) is 17.1 Å². The molecule has 0 aromatic carbocycles. The van der Waals surface area contributed by atoms with Gasteiger partial charge in [-0.1, -0.05) is 27.7 Å². The number of anilines is 1. The third-order valence-corrected chi connectivity index (χ3v) is 6.24. The Hall–Kier alpha value is -2.74. The molecule has 1 atom stereocenters. The van der Waals surface area contributed by atoms with E-state index >= 15 is 0 Å². The van der Waals surface area contributed by atoms with Crippen LogP contribution in [-0.2, 0) is 0 Å². The van der Waals surface area contributed by atoms with Gasteiger partial charge in [-0.15, -0.1) is 0 Å². The Morgan fingerprint density at radius 1 is 1.22 bits per heavy atom. The van der Waals surface area contributed by atoms with Crippen molar-refractivity contribution in [3.8, 4) is 17.1 Å². The lowest BCUT2D eigenvalue weighted by molar-refractivity contribution is 0.145. The van der Waals surface area contributed by atoms with Crippen LogP contribution in [0.25, 0.3) is 17.0 Å². The zero-order chi connectivity index (χ0) is 22.7. The Bertz CT molecular complexity index is 1050. The topological polar surface area (TPSA) is 89.3 Å². The largest absolute Gasteiger partial charge is 0.495 e. The number of imidazole rings is 1. The van der Waals surface area contributed by atoms with E-state index in [0.717, 1.165) is 67.3 Å². The van der Waals surface area contributed by atoms with E-state index in [2.05, 4.69) is 34.4 Å². The van der Waals surface area contributed by atoms with Crippen LogP contribution in [0.1, 0.15) is 65.0 Å². The number of nitrogens with one attached hydrogen (secondary N) is 2. The lowest BCUT2D eigenvalue weighted by atomic mass is 9.63. The second kappa shape index (κ2) is 9.40. The smallest absolute Gasteiger partial charge is 0.223 e. The summed E-state index contributed by atoms with van der Waals surface area (Å²) in [7, 11) is 1.70. The van der Waals surface area contributed by atoms with Gasteiger partial charge in [-0.3, -0.25) is 0 Å². The standard InChI is InChI=1S/C22H29N7O.C2H6/c1-22(2)10-14(11-22)20-18(30-3)9-19-25-13-17(29(19)28-20)16-6-8-24-21(27-16)26-15-5-4-7-23-12-15;1-2/h6,8-9,13-15,23H,4-5,7,10-12H2,1-3H3,(H,24,26,27);1-2H3. The van der Waals surface area contributed by atoms with Gasteiger partial charge in [-0.05, 0) is 43.7 Å². The lowest BCUT2D eigenvalue weighted by Gasteiger charge is -2.42. The number of piperidine rings is 1. The Morgan fingerprint density at radius 3 is 2.72 bits per heavy atom. The molecule has 1 unspecified atom stereocenters. The van der Waals surface area contributed by atoms with Crippen LogP contribution < -0.4 is 15.4 Å². The van der Waals surface area contributed by atoms with E-state index in [4.69, 9.17) is 14.8 Å². The van der Waals surface area contributed by atoms with Gasteiger partial charge in [0, 0.05) is 30.8 Å². The average Bonchev–Trinajstić information content (AvgIpc) is 3.21. The third-order valence-electron chi connectivity index (χ3n) is 6.24. The van der Waals surface area contributed by atoms with Crippen LogP contribution in [0.15, 0.2) is 24.5 Å². The van der Waals surface area contributed by atoms with Crippen LogP contribution in [0.3, 0.4) is 0 Å². The van der Waals surface area contributed by atoms with Crippen molar-refractivity contribution in [2.75, 3.05) is 25.5 Å². The first kappa shape index (κ1) is 22.5. The molecule has 2 aliphatic rings. The minimum atomic E-state index is 0.354. The van der Waals surface area contributed by atoms with Crippen LogP contribution in [0.5, 0.6) is 5.75 Å². The van der Waals surface area contributed by atoms with Gasteiger partial charge in [0.25, 0.3) is 0 Å². The maximum atomic E-state index is 5.64. The molecule has 0 bridgehead atoms. The molecule has 0 amide bonds. The third kappa shape index (κ3) is 4.55. The van der Waals surface area contributed by atoms with Gasteiger partial charge in [0.2, 0.25) is 5.95 Å². The SMILES string of the molecule is CC.COc1cc2ncc(-c3ccnc(NC4CCCNC4)n3)n2nc1C1CC(C)(C)C1. The fourth-order valence-electron chi connectivity index (χ4n) is 4.73. The maximum absolute atomic E-state index is 5.64. The van der Waals surface area contributed by atoms with Crippen molar-refractivity contribution in [1.29, 1.82) is 0 Å². The predicted molar refractivity (Wildman–Crippen MR) is 127 cm³/mol. The van der Waals surface area contributed by atoms with E-state index in [1.165, 1.54) is 0 Å². The number of hydrogen-bond acceptors (Lipinski definition) is 7. The second-order valence-corrected chi connectivity index (χ2v) is 9.23. The highest BCUT2D eigenvalue weighted by Crippen LogP contribution is 2.51. The molecule has 8 nitrogen and oxygen atoms in total. The number of hydrogen-bond donors (Lipinski definition) is 2. The Labute approximate surface area is 190 Å². The van der Waals surface area contributed by atoms with Crippen molar-refractivity contribution in [3.63, 3.8) is 0 Å². The highest BCUT2D eigenvalue weighted by atomic mass is 16.5. The summed E-state index contributed by atoms with van der Waals surface area (Å²) in [6.45, 7) is 10.6. The summed E-state index contributed by atoms with van der Waals surface area (Å²) in [5.74, 6) is 1.87. The van der Waals surface area contributed by atoms with Gasteiger partial charge >= 0.3 is 0 Å². The first-order chi connectivity index (χ1) is 15.5. The average molecular weight is 438 g/mol. The number of rotatable bonds is 5. The molecule has 0 radical (unpaired) electrons. The van der Waals surface area contributed by atoms with E-state index < -0.39 is 0 Å². The van der Waals surface area contributed by atoms with E-state index in [-0.39, 0.29) is 0 Å². The molecule has 1 saturated carbocycles. The predicted octanol–water partition coefficient (Wildman–Crippen LogP) is 4.29. The zero-order valence-electron chi connectivity index (χ0n) is 19.9. The molecule has 1 aliphatic carbocycles. The molecular weight excluding hydrogens is 402 g/mol. The van der Waals surface area contributed by atoms with E-state index in [9.17, 15) is 0 Å². The molecule has 4 heterocycles. The van der Waals surface area contributed by atoms with Crippen LogP contribution in [0.2, 0.25) is 0 Å². The monoisotopic (exact) mass is 437 g/mol. The molecule has 32 heavy (non-hydrogen) atoms. The van der Waals surface area contributed by atoms with Gasteiger partial charge in [0.05, 0.1) is 19.0 Å². The van der Waals surface area contributed by atoms with Crippen molar-refractivity contribution in [3.05, 3.63) is 30.2 Å². The van der Waals surface area contributed by atoms with Gasteiger partial charge in [0.15, 0.2) is 5.65 Å². The van der Waals surface area contributed by atoms with Crippen molar-refractivity contribution in [2.45, 2.75) is 65.3 Å². The summed E-state index contributed by atoms with van der Waals surface area (Å²) in [4.78, 5) is 13.7. The summed E-state index contributed by atoms with van der Waals surface area (Å²) >= 11 is 0. The first-order valence-electron chi connectivity index (χ1n) is 11.8. The fourth-order valence-corrected chi connectivity index (χ4v) is 4.73. The molecule has 1 aliphatic heterocycles. The molecule has 2 fully saturated rings. The lowest BCUT2D eigenvalue weighted by Crippen LogP contribution is -2.38. The zero-order valence-corrected chi connectivity index (χ0v) is 19.9. The highest BCUT2D eigenvalue weighted by Gasteiger charge is 2.39. The summed E-state index contributed by atoms with van der Waals surface area (Å²) in [6.07, 6.45) is 8.13. The van der Waals surface area contributed by atoms with Crippen molar-refractivity contribution >= 4 is 11.6 Å². The quantitative estimate of drug-likeness (QED) is 0.615. The minimum absolute atomic E-state index is 0.354.